The van der Waals surface area contributed by atoms with Crippen LogP contribution in [0.3, 0.4) is 0 Å². The molecule has 10 nitrogen and oxygen atoms in total. The maximum atomic E-state index is 11.0. The highest BCUT2D eigenvalue weighted by Gasteiger charge is 2.19. The second-order valence-electron chi connectivity index (χ2n) is 5.40. The van der Waals surface area contributed by atoms with Crippen LogP contribution in [-0.4, -0.2) is 33.9 Å². The van der Waals surface area contributed by atoms with Crippen LogP contribution >= 0.6 is 0 Å². The summed E-state index contributed by atoms with van der Waals surface area (Å²) < 4.78 is 11.9. The molecule has 0 unspecified atom stereocenters. The van der Waals surface area contributed by atoms with Crippen molar-refractivity contribution in [3.8, 4) is 22.9 Å². The van der Waals surface area contributed by atoms with E-state index in [2.05, 4.69) is 15.6 Å². The van der Waals surface area contributed by atoms with Gasteiger partial charge in [-0.2, -0.15) is 10.2 Å². The second kappa shape index (κ2) is 7.52. The largest absolute Gasteiger partial charge is 0.497 e. The lowest BCUT2D eigenvalue weighted by Gasteiger charge is -2.02. The van der Waals surface area contributed by atoms with Crippen molar-refractivity contribution >= 4 is 18.0 Å². The molecule has 0 aliphatic heterocycles. The average molecular weight is 369 g/mol. The Morgan fingerprint density at radius 3 is 2.67 bits per heavy atom. The minimum Gasteiger partial charge on any atom is -0.497 e. The van der Waals surface area contributed by atoms with Gasteiger partial charge in [0.25, 0.3) is 0 Å². The standard InChI is InChI=1S/C17H15N5O5/c1-11(23)19-18-9-12-10-21(13-3-5-14(26-2)6-4-13)20-17(12)15-7-8-16(27-15)22(24)25/h3-10H,1-2H3,(H,19,23)/b18-9+. The van der Waals surface area contributed by atoms with E-state index < -0.39 is 10.8 Å². The minimum absolute atomic E-state index is 0.207. The Hall–Kier alpha value is -3.95. The third-order valence-electron chi connectivity index (χ3n) is 3.51. The molecule has 3 rings (SSSR count). The smallest absolute Gasteiger partial charge is 0.433 e. The number of hydrazone groups is 1. The number of benzene rings is 1. The Kier molecular flexibility index (Phi) is 4.97. The SMILES string of the molecule is COc1ccc(-n2cc(/C=N/NC(C)=O)c(-c3ccc([N+](=O)[O-])o3)n2)cc1. The van der Waals surface area contributed by atoms with E-state index in [1.165, 1.54) is 25.3 Å². The van der Waals surface area contributed by atoms with E-state index in [1.807, 2.05) is 0 Å². The molecule has 2 heterocycles. The molecular formula is C17H15N5O5. The van der Waals surface area contributed by atoms with Crippen LogP contribution in [0.15, 0.2) is 52.1 Å². The lowest BCUT2D eigenvalue weighted by Crippen LogP contribution is -2.12. The summed E-state index contributed by atoms with van der Waals surface area (Å²) in [4.78, 5) is 21.2. The molecule has 2 aromatic heterocycles. The number of hydrogen-bond donors (Lipinski definition) is 1. The van der Waals surface area contributed by atoms with Gasteiger partial charge in [0.15, 0.2) is 5.76 Å². The molecule has 0 aliphatic carbocycles. The van der Waals surface area contributed by atoms with Gasteiger partial charge in [-0.1, -0.05) is 0 Å². The highest BCUT2D eigenvalue weighted by Crippen LogP contribution is 2.28. The zero-order valence-electron chi connectivity index (χ0n) is 14.4. The van der Waals surface area contributed by atoms with Crippen molar-refractivity contribution in [2.75, 3.05) is 7.11 Å². The van der Waals surface area contributed by atoms with E-state index in [0.29, 0.717) is 17.0 Å². The second-order valence-corrected chi connectivity index (χ2v) is 5.40. The number of methoxy groups -OCH3 is 1. The first-order valence-corrected chi connectivity index (χ1v) is 7.76. The summed E-state index contributed by atoms with van der Waals surface area (Å²) in [5.41, 5.74) is 3.88. The quantitative estimate of drug-likeness (QED) is 0.404. The molecule has 0 radical (unpaired) electrons. The zero-order chi connectivity index (χ0) is 19.4. The fraction of sp³-hybridized carbons (Fsp3) is 0.118. The summed E-state index contributed by atoms with van der Waals surface area (Å²) in [6.07, 6.45) is 3.05. The monoisotopic (exact) mass is 369 g/mol. The van der Waals surface area contributed by atoms with Crippen molar-refractivity contribution in [1.82, 2.24) is 15.2 Å². The number of nitro groups is 1. The lowest BCUT2D eigenvalue weighted by molar-refractivity contribution is -0.401. The molecule has 3 aromatic rings. The Balaban J connectivity index is 2.02. The van der Waals surface area contributed by atoms with Crippen molar-refractivity contribution in [3.05, 3.63) is 58.3 Å². The van der Waals surface area contributed by atoms with Crippen LogP contribution in [0, 0.1) is 10.1 Å². The van der Waals surface area contributed by atoms with Crippen LogP contribution in [0.4, 0.5) is 5.88 Å². The summed E-state index contributed by atoms with van der Waals surface area (Å²) in [6.45, 7) is 1.33. The van der Waals surface area contributed by atoms with E-state index in [1.54, 1.807) is 42.3 Å². The number of amides is 1. The Labute approximate surface area is 153 Å². The van der Waals surface area contributed by atoms with Gasteiger partial charge in [0.1, 0.15) is 16.4 Å². The van der Waals surface area contributed by atoms with E-state index in [9.17, 15) is 14.9 Å². The van der Waals surface area contributed by atoms with E-state index in [-0.39, 0.29) is 11.7 Å². The predicted octanol–water partition coefficient (Wildman–Crippen LogP) is 2.52. The van der Waals surface area contributed by atoms with Gasteiger partial charge < -0.3 is 9.15 Å². The van der Waals surface area contributed by atoms with Gasteiger partial charge in [0.2, 0.25) is 5.91 Å². The molecule has 0 atom stereocenters. The normalized spacial score (nSPS) is 10.9. The number of carbonyl (C=O) groups is 1. The van der Waals surface area contributed by atoms with E-state index in [0.717, 1.165) is 5.69 Å². The van der Waals surface area contributed by atoms with Gasteiger partial charge >= 0.3 is 5.88 Å². The first-order valence-electron chi connectivity index (χ1n) is 7.76. The maximum absolute atomic E-state index is 11.0. The van der Waals surface area contributed by atoms with Crippen LogP contribution in [0.25, 0.3) is 17.1 Å². The summed E-state index contributed by atoms with van der Waals surface area (Å²) >= 11 is 0. The van der Waals surface area contributed by atoms with Crippen molar-refractivity contribution in [2.45, 2.75) is 6.92 Å². The molecule has 1 N–H and O–H groups in total. The van der Waals surface area contributed by atoms with Crippen molar-refractivity contribution < 1.29 is 18.9 Å². The minimum atomic E-state index is -0.630. The van der Waals surface area contributed by atoms with Gasteiger partial charge in [0.05, 0.1) is 25.1 Å². The average Bonchev–Trinajstić information content (AvgIpc) is 3.28. The highest BCUT2D eigenvalue weighted by molar-refractivity contribution is 5.88. The van der Waals surface area contributed by atoms with Crippen LogP contribution in [0.1, 0.15) is 12.5 Å². The Morgan fingerprint density at radius 1 is 1.33 bits per heavy atom. The maximum Gasteiger partial charge on any atom is 0.433 e. The topological polar surface area (TPSA) is 125 Å². The Bertz CT molecular complexity index is 1000. The highest BCUT2D eigenvalue weighted by atomic mass is 16.6. The third-order valence-corrected chi connectivity index (χ3v) is 3.51. The molecule has 10 heteroatoms. The number of nitrogens with zero attached hydrogens (tertiary/aromatic N) is 4. The summed E-state index contributed by atoms with van der Waals surface area (Å²) in [5.74, 6) is 0.177. The molecule has 0 saturated heterocycles. The summed E-state index contributed by atoms with van der Waals surface area (Å²) in [7, 11) is 1.57. The van der Waals surface area contributed by atoms with Gasteiger partial charge in [-0.05, 0) is 30.3 Å². The van der Waals surface area contributed by atoms with E-state index in [4.69, 9.17) is 9.15 Å². The zero-order valence-corrected chi connectivity index (χ0v) is 14.4. The molecule has 138 valence electrons. The molecule has 0 saturated carbocycles. The first-order chi connectivity index (χ1) is 13.0. The molecule has 0 bridgehead atoms. The van der Waals surface area contributed by atoms with Crippen molar-refractivity contribution in [3.63, 3.8) is 0 Å². The van der Waals surface area contributed by atoms with Crippen molar-refractivity contribution in [1.29, 1.82) is 0 Å². The third kappa shape index (κ3) is 4.00. The van der Waals surface area contributed by atoms with Gasteiger partial charge in [-0.3, -0.25) is 14.9 Å². The number of rotatable bonds is 6. The van der Waals surface area contributed by atoms with Crippen molar-refractivity contribution in [2.24, 2.45) is 5.10 Å². The number of ether oxygens (including phenoxy) is 1. The van der Waals surface area contributed by atoms with Crippen LogP contribution in [0.5, 0.6) is 5.75 Å². The number of furan rings is 1. The number of hydrogen-bond acceptors (Lipinski definition) is 7. The predicted molar refractivity (Wildman–Crippen MR) is 95.9 cm³/mol. The van der Waals surface area contributed by atoms with Crippen LogP contribution in [0.2, 0.25) is 0 Å². The fourth-order valence-electron chi connectivity index (χ4n) is 2.29. The molecule has 0 spiro atoms. The molecule has 1 amide bonds. The van der Waals surface area contributed by atoms with Crippen LogP contribution in [-0.2, 0) is 4.79 Å². The van der Waals surface area contributed by atoms with Crippen LogP contribution < -0.4 is 10.2 Å². The summed E-state index contributed by atoms with van der Waals surface area (Å²) in [5, 5.41) is 19.1. The first kappa shape index (κ1) is 17.9. The number of carbonyl (C=O) groups excluding carboxylic acids is 1. The van der Waals surface area contributed by atoms with Gasteiger partial charge in [-0.15, -0.1) is 0 Å². The number of aromatic nitrogens is 2. The fourth-order valence-corrected chi connectivity index (χ4v) is 2.29. The molecule has 1 aromatic carbocycles. The molecule has 0 fully saturated rings. The molecule has 0 aliphatic rings. The van der Waals surface area contributed by atoms with Gasteiger partial charge in [-0.25, -0.2) is 10.1 Å². The van der Waals surface area contributed by atoms with Gasteiger partial charge in [0, 0.05) is 18.7 Å². The number of nitrogens with one attached hydrogen (secondary N) is 1. The summed E-state index contributed by atoms with van der Waals surface area (Å²) in [6, 6.07) is 9.86. The van der Waals surface area contributed by atoms with E-state index >= 15 is 0 Å². The Morgan fingerprint density at radius 2 is 2.07 bits per heavy atom. The molecule has 27 heavy (non-hydrogen) atoms. The molecular weight excluding hydrogens is 354 g/mol. The lowest BCUT2D eigenvalue weighted by atomic mass is 10.2.